The van der Waals surface area contributed by atoms with E-state index in [2.05, 4.69) is 52.5 Å². The third-order valence-electron chi connectivity index (χ3n) is 5.01. The minimum atomic E-state index is -1.50. The van der Waals surface area contributed by atoms with Crippen LogP contribution in [0.2, 0.25) is 8.87 Å². The van der Waals surface area contributed by atoms with Gasteiger partial charge >= 0.3 is 121 Å². The first-order chi connectivity index (χ1) is 15.9. The molecule has 0 aromatic carbocycles. The number of rotatable bonds is 20. The Labute approximate surface area is 221 Å². The van der Waals surface area contributed by atoms with E-state index >= 15 is 0 Å². The molecule has 0 aromatic heterocycles. The first-order valence-electron chi connectivity index (χ1n) is 13.3. The van der Waals surface area contributed by atoms with Crippen molar-refractivity contribution in [3.05, 3.63) is 12.2 Å². The van der Waals surface area contributed by atoms with Crippen LogP contribution in [0.5, 0.6) is 0 Å². The standard InChI is InChI=1S/2C8H17.C7H14.C4H6O4S.Sn/c2*1-3-5-7-8-6-4-2;1-3-5-7-6-4-2;5-3(6)1-2(9)4(7)8;/h2*1,3-8H2,2H3;3,5H,4,6-7H2,1-2H3;2,9H,1H2,(H,5,6)(H,7,8);/q;;;;+2/p-2. The molecule has 0 N–H and O–H groups in total. The van der Waals surface area contributed by atoms with Gasteiger partial charge in [0.05, 0.1) is 5.97 Å². The molecule has 0 amide bonds. The molecule has 1 unspecified atom stereocenters. The zero-order chi connectivity index (χ0) is 25.6. The van der Waals surface area contributed by atoms with Crippen LogP contribution in [-0.2, 0) is 9.59 Å². The molecule has 0 aliphatic heterocycles. The minimum Gasteiger partial charge on any atom is -0.550 e. The first kappa shape index (κ1) is 37.4. The number of hydrogen-bond donors (Lipinski definition) is 1. The van der Waals surface area contributed by atoms with Gasteiger partial charge < -0.3 is 19.8 Å². The predicted octanol–water partition coefficient (Wildman–Crippen LogP) is 6.18. The molecule has 0 radical (unpaired) electrons. The van der Waals surface area contributed by atoms with Crippen LogP contribution in [0.25, 0.3) is 0 Å². The topological polar surface area (TPSA) is 80.3 Å². The second-order valence-corrected chi connectivity index (χ2v) is 13.3. The van der Waals surface area contributed by atoms with E-state index < -0.39 is 23.6 Å². The molecular formula is C27H52O4SSn. The quantitative estimate of drug-likeness (QED) is 0.0795. The van der Waals surface area contributed by atoms with E-state index in [9.17, 15) is 19.8 Å². The number of carbonyl (C=O) groups is 2. The van der Waals surface area contributed by atoms with Crippen molar-refractivity contribution in [1.29, 1.82) is 0 Å². The van der Waals surface area contributed by atoms with Gasteiger partial charge in [-0.1, -0.05) is 31.9 Å². The molecular weight excluding hydrogens is 539 g/mol. The number of thiol groups is 1. The number of carboxylic acids is 2. The van der Waals surface area contributed by atoms with Gasteiger partial charge in [0, 0.05) is 17.6 Å². The van der Waals surface area contributed by atoms with E-state index in [-0.39, 0.29) is 21.1 Å². The third-order valence-corrected chi connectivity index (χ3v) is 9.44. The van der Waals surface area contributed by atoms with Gasteiger partial charge in [0.2, 0.25) is 0 Å². The second kappa shape index (κ2) is 34.0. The van der Waals surface area contributed by atoms with Crippen molar-refractivity contribution < 1.29 is 19.8 Å². The smallest absolute Gasteiger partial charge is 0.0545 e. The van der Waals surface area contributed by atoms with Gasteiger partial charge in [-0.2, -0.15) is 12.6 Å². The average Bonchev–Trinajstić information content (AvgIpc) is 2.78. The van der Waals surface area contributed by atoms with Crippen LogP contribution in [0, 0.1) is 0 Å². The van der Waals surface area contributed by atoms with Gasteiger partial charge in [0.15, 0.2) is 0 Å². The number of hydrogen-bond acceptors (Lipinski definition) is 5. The van der Waals surface area contributed by atoms with Gasteiger partial charge in [-0.3, -0.25) is 0 Å². The summed E-state index contributed by atoms with van der Waals surface area (Å²) in [6.45, 7) is 8.88. The molecule has 33 heavy (non-hydrogen) atoms. The summed E-state index contributed by atoms with van der Waals surface area (Å²) >= 11 is 3.45. The zero-order valence-electron chi connectivity index (χ0n) is 22.0. The predicted molar refractivity (Wildman–Crippen MR) is 144 cm³/mol. The first-order valence-corrected chi connectivity index (χ1v) is 17.8. The van der Waals surface area contributed by atoms with Crippen molar-refractivity contribution in [2.75, 3.05) is 0 Å². The molecule has 194 valence electrons. The molecule has 0 heterocycles. The Hall–Kier alpha value is -0.171. The summed E-state index contributed by atoms with van der Waals surface area (Å²) in [5.74, 6) is -2.94. The van der Waals surface area contributed by atoms with Crippen molar-refractivity contribution >= 4 is 45.7 Å². The van der Waals surface area contributed by atoms with E-state index in [0.29, 0.717) is 0 Å². The molecule has 0 aromatic rings. The molecule has 0 saturated carbocycles. The maximum absolute atomic E-state index is 9.76. The number of carbonyl (C=O) groups excluding carboxylic acids is 2. The van der Waals surface area contributed by atoms with Crippen LogP contribution in [0.3, 0.4) is 0 Å². The Morgan fingerprint density at radius 3 is 1.52 bits per heavy atom. The Bertz CT molecular complexity index is 416. The van der Waals surface area contributed by atoms with Crippen molar-refractivity contribution in [1.82, 2.24) is 0 Å². The van der Waals surface area contributed by atoms with E-state index in [1.54, 1.807) is 21.7 Å². The summed E-state index contributed by atoms with van der Waals surface area (Å²) < 4.78 is 3.31. The van der Waals surface area contributed by atoms with Crippen molar-refractivity contribution in [2.24, 2.45) is 0 Å². The van der Waals surface area contributed by atoms with Crippen molar-refractivity contribution in [3.63, 3.8) is 0 Å². The van der Waals surface area contributed by atoms with Gasteiger partial charge in [0.25, 0.3) is 0 Å². The Kier molecular flexibility index (Phi) is 38.5. The fraction of sp³-hybridized carbons (Fsp3) is 0.852. The van der Waals surface area contributed by atoms with Crippen molar-refractivity contribution in [2.45, 2.75) is 145 Å². The monoisotopic (exact) mass is 592 g/mol. The molecule has 1 atom stereocenters. The molecule has 0 aliphatic rings. The third kappa shape index (κ3) is 42.5. The summed E-state index contributed by atoms with van der Waals surface area (Å²) in [4.78, 5) is 19.4. The SMILES string of the molecule is CC=CCCCC.CCCCCCC[CH2][Sn+2][CH2]CCCCCCC.O=C([O-])CC(S)C(=O)[O-]. The molecule has 0 saturated heterocycles. The molecule has 6 heteroatoms. The van der Waals surface area contributed by atoms with Crippen LogP contribution in [0.4, 0.5) is 0 Å². The summed E-state index contributed by atoms with van der Waals surface area (Å²) in [5.41, 5.74) is 0. The summed E-state index contributed by atoms with van der Waals surface area (Å²) in [7, 11) is 0. The van der Waals surface area contributed by atoms with Gasteiger partial charge in [-0.15, -0.1) is 0 Å². The fourth-order valence-corrected chi connectivity index (χ4v) is 6.63. The fourth-order valence-electron chi connectivity index (χ4n) is 2.92. The molecule has 4 nitrogen and oxygen atoms in total. The maximum Gasteiger partial charge on any atom is 0.0545 e. The number of carboxylic acid groups (broad SMARTS) is 2. The molecule has 0 aliphatic carbocycles. The van der Waals surface area contributed by atoms with E-state index in [1.807, 2.05) is 0 Å². The van der Waals surface area contributed by atoms with Crippen LogP contribution in [0.1, 0.15) is 130 Å². The van der Waals surface area contributed by atoms with Gasteiger partial charge in [-0.05, 0) is 13.3 Å². The van der Waals surface area contributed by atoms with E-state index in [4.69, 9.17) is 0 Å². The van der Waals surface area contributed by atoms with E-state index in [0.717, 1.165) is 0 Å². The summed E-state index contributed by atoms with van der Waals surface area (Å²) in [5, 5.41) is 18.2. The summed E-state index contributed by atoms with van der Waals surface area (Å²) in [6.07, 6.45) is 25.4. The Balaban J connectivity index is -0.000000469. The zero-order valence-corrected chi connectivity index (χ0v) is 25.8. The summed E-state index contributed by atoms with van der Waals surface area (Å²) in [6, 6.07) is 0. The van der Waals surface area contributed by atoms with E-state index in [1.165, 1.54) is 83.5 Å². The van der Waals surface area contributed by atoms with Crippen LogP contribution >= 0.6 is 12.6 Å². The molecule has 0 bridgehead atoms. The van der Waals surface area contributed by atoms with Crippen molar-refractivity contribution in [3.8, 4) is 0 Å². The number of allylic oxidation sites excluding steroid dienone is 2. The largest absolute Gasteiger partial charge is 0.550 e. The number of unbranched alkanes of at least 4 members (excludes halogenated alkanes) is 12. The molecule has 0 spiro atoms. The van der Waals surface area contributed by atoms with Crippen LogP contribution in [0.15, 0.2) is 12.2 Å². The molecule has 0 fully saturated rings. The Morgan fingerprint density at radius 2 is 1.18 bits per heavy atom. The second-order valence-electron chi connectivity index (χ2n) is 8.41. The maximum atomic E-state index is 9.76. The normalized spacial score (nSPS) is 11.1. The Morgan fingerprint density at radius 1 is 0.758 bits per heavy atom. The van der Waals surface area contributed by atoms with Gasteiger partial charge in [0.1, 0.15) is 0 Å². The van der Waals surface area contributed by atoms with Crippen LogP contribution in [-0.4, -0.2) is 38.3 Å². The van der Waals surface area contributed by atoms with Gasteiger partial charge in [-0.25, -0.2) is 0 Å². The number of aliphatic carboxylic acids is 2. The average molecular weight is 591 g/mol. The minimum absolute atomic E-state index is 0.0736. The molecule has 0 rings (SSSR count). The van der Waals surface area contributed by atoms with Crippen LogP contribution < -0.4 is 10.2 Å².